The van der Waals surface area contributed by atoms with Gasteiger partial charge < -0.3 is 10.0 Å². The Balaban J connectivity index is 2.05. The summed E-state index contributed by atoms with van der Waals surface area (Å²) in [5.74, 6) is 1.21. The molecule has 2 rings (SSSR count). The lowest BCUT2D eigenvalue weighted by Gasteiger charge is -2.18. The first-order valence-electron chi connectivity index (χ1n) is 5.55. The lowest BCUT2D eigenvalue weighted by atomic mass is 10.0. The van der Waals surface area contributed by atoms with Crippen LogP contribution in [-0.4, -0.2) is 35.6 Å². The van der Waals surface area contributed by atoms with E-state index in [1.54, 1.807) is 12.3 Å². The summed E-state index contributed by atoms with van der Waals surface area (Å²) in [6.07, 6.45) is 3.10. The highest BCUT2D eigenvalue weighted by atomic mass is 16.3. The summed E-state index contributed by atoms with van der Waals surface area (Å²) < 4.78 is 0. The Labute approximate surface area is 94.9 Å². The summed E-state index contributed by atoms with van der Waals surface area (Å²) >= 11 is 0. The van der Waals surface area contributed by atoms with Crippen molar-refractivity contribution in [2.24, 2.45) is 5.92 Å². The van der Waals surface area contributed by atoms with Gasteiger partial charge in [0.25, 0.3) is 0 Å². The smallest absolute Gasteiger partial charge is 0.151 e. The number of pyridine rings is 1. The van der Waals surface area contributed by atoms with Crippen LogP contribution in [0.4, 0.5) is 5.82 Å². The molecule has 0 aromatic carbocycles. The van der Waals surface area contributed by atoms with Gasteiger partial charge in [0, 0.05) is 30.8 Å². The number of aliphatic hydroxyl groups is 1. The maximum absolute atomic E-state index is 10.5. The highest BCUT2D eigenvalue weighted by molar-refractivity contribution is 5.74. The van der Waals surface area contributed by atoms with Crippen molar-refractivity contribution in [3.8, 4) is 0 Å². The SMILES string of the molecule is CC(O)C1CCN(c2ccc(C=O)cn2)C1. The molecule has 1 aromatic rings. The number of aliphatic hydroxyl groups excluding tert-OH is 1. The Morgan fingerprint density at radius 2 is 2.44 bits per heavy atom. The van der Waals surface area contributed by atoms with Gasteiger partial charge in [0.05, 0.1) is 6.10 Å². The van der Waals surface area contributed by atoms with E-state index < -0.39 is 0 Å². The second-order valence-corrected chi connectivity index (χ2v) is 4.30. The molecule has 0 saturated carbocycles. The van der Waals surface area contributed by atoms with E-state index in [1.807, 2.05) is 13.0 Å². The van der Waals surface area contributed by atoms with Crippen LogP contribution >= 0.6 is 0 Å². The number of aromatic nitrogens is 1. The van der Waals surface area contributed by atoms with Gasteiger partial charge in [0.15, 0.2) is 6.29 Å². The standard InChI is InChI=1S/C12H16N2O2/c1-9(16)11-4-5-14(7-11)12-3-2-10(8-15)6-13-12/h2-3,6,8-9,11,16H,4-5,7H2,1H3. The minimum Gasteiger partial charge on any atom is -0.393 e. The molecule has 1 aliphatic heterocycles. The summed E-state index contributed by atoms with van der Waals surface area (Å²) in [6, 6.07) is 3.62. The molecule has 0 amide bonds. The average molecular weight is 220 g/mol. The Morgan fingerprint density at radius 3 is 2.94 bits per heavy atom. The molecule has 86 valence electrons. The number of carbonyl (C=O) groups is 1. The van der Waals surface area contributed by atoms with Crippen LogP contribution in [0.3, 0.4) is 0 Å². The maximum atomic E-state index is 10.5. The zero-order chi connectivity index (χ0) is 11.5. The molecule has 16 heavy (non-hydrogen) atoms. The molecular formula is C12H16N2O2. The molecule has 4 nitrogen and oxygen atoms in total. The number of hydrogen-bond donors (Lipinski definition) is 1. The molecule has 4 heteroatoms. The summed E-state index contributed by atoms with van der Waals surface area (Å²) in [5, 5.41) is 9.51. The van der Waals surface area contributed by atoms with Gasteiger partial charge in [0.2, 0.25) is 0 Å². The van der Waals surface area contributed by atoms with Crippen LogP contribution in [0.15, 0.2) is 18.3 Å². The van der Waals surface area contributed by atoms with Gasteiger partial charge in [-0.1, -0.05) is 0 Å². The van der Waals surface area contributed by atoms with Crippen LogP contribution in [0.2, 0.25) is 0 Å². The quantitative estimate of drug-likeness (QED) is 0.775. The molecule has 2 unspecified atom stereocenters. The van der Waals surface area contributed by atoms with Gasteiger partial charge >= 0.3 is 0 Å². The van der Waals surface area contributed by atoms with E-state index in [-0.39, 0.29) is 6.10 Å². The minimum atomic E-state index is -0.265. The van der Waals surface area contributed by atoms with Crippen molar-refractivity contribution in [1.82, 2.24) is 4.98 Å². The highest BCUT2D eigenvalue weighted by Gasteiger charge is 2.26. The summed E-state index contributed by atoms with van der Waals surface area (Å²) in [5.41, 5.74) is 0.593. The maximum Gasteiger partial charge on any atom is 0.151 e. The van der Waals surface area contributed by atoms with Crippen molar-refractivity contribution in [2.45, 2.75) is 19.4 Å². The van der Waals surface area contributed by atoms with Crippen LogP contribution in [0.5, 0.6) is 0 Å². The molecule has 0 bridgehead atoms. The van der Waals surface area contributed by atoms with E-state index in [0.717, 1.165) is 31.6 Å². The normalized spacial score (nSPS) is 22.1. The van der Waals surface area contributed by atoms with Crippen LogP contribution < -0.4 is 4.90 Å². The van der Waals surface area contributed by atoms with Crippen LogP contribution in [0.1, 0.15) is 23.7 Å². The van der Waals surface area contributed by atoms with Gasteiger partial charge in [0.1, 0.15) is 5.82 Å². The monoisotopic (exact) mass is 220 g/mol. The Hall–Kier alpha value is -1.42. The number of hydrogen-bond acceptors (Lipinski definition) is 4. The number of anilines is 1. The van der Waals surface area contributed by atoms with E-state index in [4.69, 9.17) is 0 Å². The predicted molar refractivity (Wildman–Crippen MR) is 61.6 cm³/mol. The van der Waals surface area contributed by atoms with Gasteiger partial charge in [-0.15, -0.1) is 0 Å². The molecule has 0 aliphatic carbocycles. The lowest BCUT2D eigenvalue weighted by molar-refractivity contribution is 0.112. The van der Waals surface area contributed by atoms with E-state index >= 15 is 0 Å². The van der Waals surface area contributed by atoms with Crippen LogP contribution in [0.25, 0.3) is 0 Å². The van der Waals surface area contributed by atoms with Crippen molar-refractivity contribution < 1.29 is 9.90 Å². The number of rotatable bonds is 3. The largest absolute Gasteiger partial charge is 0.393 e. The Kier molecular flexibility index (Phi) is 3.19. The second-order valence-electron chi connectivity index (χ2n) is 4.30. The first-order valence-corrected chi connectivity index (χ1v) is 5.55. The van der Waals surface area contributed by atoms with Crippen molar-refractivity contribution in [3.63, 3.8) is 0 Å². The first-order chi connectivity index (χ1) is 7.70. The summed E-state index contributed by atoms with van der Waals surface area (Å²) in [7, 11) is 0. The summed E-state index contributed by atoms with van der Waals surface area (Å²) in [6.45, 7) is 3.59. The molecule has 1 fully saturated rings. The predicted octanol–water partition coefficient (Wildman–Crippen LogP) is 1.10. The second kappa shape index (κ2) is 4.61. The average Bonchev–Trinajstić information content (AvgIpc) is 2.78. The van der Waals surface area contributed by atoms with Crippen molar-refractivity contribution in [3.05, 3.63) is 23.9 Å². The van der Waals surface area contributed by atoms with Gasteiger partial charge in [-0.2, -0.15) is 0 Å². The molecule has 0 radical (unpaired) electrons. The topological polar surface area (TPSA) is 53.4 Å². The highest BCUT2D eigenvalue weighted by Crippen LogP contribution is 2.24. The van der Waals surface area contributed by atoms with Crippen LogP contribution in [0, 0.1) is 5.92 Å². The van der Waals surface area contributed by atoms with Gasteiger partial charge in [-0.25, -0.2) is 4.98 Å². The van der Waals surface area contributed by atoms with E-state index in [9.17, 15) is 9.90 Å². The van der Waals surface area contributed by atoms with Gasteiger partial charge in [-0.05, 0) is 25.5 Å². The Bertz CT molecular complexity index is 362. The molecule has 2 heterocycles. The zero-order valence-corrected chi connectivity index (χ0v) is 9.34. The third-order valence-corrected chi connectivity index (χ3v) is 3.14. The van der Waals surface area contributed by atoms with E-state index in [0.29, 0.717) is 11.5 Å². The fourth-order valence-corrected chi connectivity index (χ4v) is 2.04. The van der Waals surface area contributed by atoms with Crippen molar-refractivity contribution in [2.75, 3.05) is 18.0 Å². The molecular weight excluding hydrogens is 204 g/mol. The van der Waals surface area contributed by atoms with Crippen LogP contribution in [-0.2, 0) is 0 Å². The molecule has 1 aromatic heterocycles. The van der Waals surface area contributed by atoms with E-state index in [2.05, 4.69) is 9.88 Å². The van der Waals surface area contributed by atoms with Gasteiger partial charge in [-0.3, -0.25) is 4.79 Å². The number of nitrogens with zero attached hydrogens (tertiary/aromatic N) is 2. The fraction of sp³-hybridized carbons (Fsp3) is 0.500. The molecule has 2 atom stereocenters. The van der Waals surface area contributed by atoms with E-state index in [1.165, 1.54) is 0 Å². The zero-order valence-electron chi connectivity index (χ0n) is 9.34. The number of aldehydes is 1. The third kappa shape index (κ3) is 2.22. The lowest BCUT2D eigenvalue weighted by Crippen LogP contribution is -2.24. The van der Waals surface area contributed by atoms with Crippen molar-refractivity contribution in [1.29, 1.82) is 0 Å². The van der Waals surface area contributed by atoms with Crippen molar-refractivity contribution >= 4 is 12.1 Å². The third-order valence-electron chi connectivity index (χ3n) is 3.14. The minimum absolute atomic E-state index is 0.265. The Morgan fingerprint density at radius 1 is 1.62 bits per heavy atom. The number of carbonyl (C=O) groups excluding carboxylic acids is 1. The first kappa shape index (κ1) is 11.1. The summed E-state index contributed by atoms with van der Waals surface area (Å²) in [4.78, 5) is 16.9. The molecule has 0 spiro atoms. The molecule has 1 saturated heterocycles. The molecule has 1 aliphatic rings. The molecule has 1 N–H and O–H groups in total. The fourth-order valence-electron chi connectivity index (χ4n) is 2.04.